The molecule has 0 saturated carbocycles. The lowest BCUT2D eigenvalue weighted by atomic mass is 10.0. The summed E-state index contributed by atoms with van der Waals surface area (Å²) in [6.45, 7) is 3.85. The Kier molecular flexibility index (Phi) is 9.47. The van der Waals surface area contributed by atoms with Crippen molar-refractivity contribution in [3.05, 3.63) is 102 Å². The van der Waals surface area contributed by atoms with Gasteiger partial charge >= 0.3 is 0 Å². The second kappa shape index (κ2) is 12.5. The highest BCUT2D eigenvalue weighted by atomic mass is 32.2. The highest BCUT2D eigenvalue weighted by Gasteiger charge is 2.32. The Morgan fingerprint density at radius 2 is 1.38 bits per heavy atom. The van der Waals surface area contributed by atoms with Crippen molar-refractivity contribution in [3.8, 4) is 0 Å². The third-order valence-corrected chi connectivity index (χ3v) is 7.38. The molecule has 3 rings (SSSR count). The molecule has 1 atom stereocenters. The lowest BCUT2D eigenvalue weighted by molar-refractivity contribution is -0.139. The Labute approximate surface area is 220 Å². The molecular formula is C29H35N3O4S. The number of nitrogens with zero attached hydrogens (tertiary/aromatic N) is 2. The van der Waals surface area contributed by atoms with E-state index in [1.54, 1.807) is 12.1 Å². The van der Waals surface area contributed by atoms with Gasteiger partial charge in [0.2, 0.25) is 21.8 Å². The van der Waals surface area contributed by atoms with Crippen LogP contribution in [0, 0.1) is 0 Å². The molecule has 0 spiro atoms. The number of carbonyl (C=O) groups excluding carboxylic acids is 2. The number of amides is 2. The summed E-state index contributed by atoms with van der Waals surface area (Å²) in [6.07, 6.45) is 1.37. The van der Waals surface area contributed by atoms with Crippen LogP contribution in [0.4, 0.5) is 5.69 Å². The number of anilines is 1. The van der Waals surface area contributed by atoms with Crippen LogP contribution in [0.25, 0.3) is 0 Å². The second-order valence-electron chi connectivity index (χ2n) is 9.34. The van der Waals surface area contributed by atoms with E-state index in [0.717, 1.165) is 27.3 Å². The van der Waals surface area contributed by atoms with Crippen molar-refractivity contribution in [3.63, 3.8) is 0 Å². The summed E-state index contributed by atoms with van der Waals surface area (Å²) in [5.74, 6) is -0.498. The average molecular weight is 522 g/mol. The van der Waals surface area contributed by atoms with E-state index in [1.807, 2.05) is 72.8 Å². The first-order valence-electron chi connectivity index (χ1n) is 12.3. The quantitative estimate of drug-likeness (QED) is 0.414. The van der Waals surface area contributed by atoms with Crippen molar-refractivity contribution >= 4 is 27.5 Å². The second-order valence-corrected chi connectivity index (χ2v) is 11.2. The van der Waals surface area contributed by atoms with Crippen LogP contribution in [0.3, 0.4) is 0 Å². The highest BCUT2D eigenvalue weighted by Crippen LogP contribution is 2.23. The number of likely N-dealkylation sites (N-methyl/N-ethyl adjacent to an activating group) is 1. The summed E-state index contributed by atoms with van der Waals surface area (Å²) in [6, 6.07) is 25.2. The maximum absolute atomic E-state index is 13.8. The molecule has 0 heterocycles. The van der Waals surface area contributed by atoms with Crippen molar-refractivity contribution in [2.24, 2.45) is 0 Å². The van der Waals surface area contributed by atoms with Gasteiger partial charge in [0.05, 0.1) is 11.9 Å². The van der Waals surface area contributed by atoms with Gasteiger partial charge in [0.25, 0.3) is 0 Å². The number of benzene rings is 3. The largest absolute Gasteiger partial charge is 0.357 e. The Bertz CT molecular complexity index is 1280. The molecule has 196 valence electrons. The van der Waals surface area contributed by atoms with Gasteiger partial charge in [-0.25, -0.2) is 8.42 Å². The fraction of sp³-hybridized carbons (Fsp3) is 0.310. The third kappa shape index (κ3) is 7.67. The van der Waals surface area contributed by atoms with E-state index in [-0.39, 0.29) is 18.4 Å². The van der Waals surface area contributed by atoms with Crippen LogP contribution in [-0.2, 0) is 32.6 Å². The minimum atomic E-state index is -3.78. The van der Waals surface area contributed by atoms with Gasteiger partial charge in [-0.2, -0.15) is 0 Å². The van der Waals surface area contributed by atoms with E-state index in [0.29, 0.717) is 12.1 Å². The van der Waals surface area contributed by atoms with E-state index in [1.165, 1.54) is 11.9 Å². The number of carbonyl (C=O) groups is 2. The van der Waals surface area contributed by atoms with Crippen LogP contribution in [0.1, 0.15) is 36.5 Å². The fourth-order valence-corrected chi connectivity index (χ4v) is 4.99. The van der Waals surface area contributed by atoms with Crippen LogP contribution >= 0.6 is 0 Å². The predicted molar refractivity (Wildman–Crippen MR) is 148 cm³/mol. The smallest absolute Gasteiger partial charge is 0.244 e. The SMILES string of the molecule is CNC(=O)C(Cc1ccccc1)N(Cc1ccccc1)C(=O)CN(c1ccc(C(C)C)cc1)S(C)(=O)=O. The summed E-state index contributed by atoms with van der Waals surface area (Å²) < 4.78 is 26.7. The first-order chi connectivity index (χ1) is 17.6. The van der Waals surface area contributed by atoms with Crippen LogP contribution in [0.5, 0.6) is 0 Å². The topological polar surface area (TPSA) is 86.8 Å². The van der Waals surface area contributed by atoms with Crippen LogP contribution < -0.4 is 9.62 Å². The number of hydrogen-bond acceptors (Lipinski definition) is 4. The minimum Gasteiger partial charge on any atom is -0.357 e. The third-order valence-electron chi connectivity index (χ3n) is 6.24. The van der Waals surface area contributed by atoms with Gasteiger partial charge in [0, 0.05) is 20.0 Å². The molecule has 8 heteroatoms. The molecule has 37 heavy (non-hydrogen) atoms. The van der Waals surface area contributed by atoms with E-state index in [2.05, 4.69) is 19.2 Å². The van der Waals surface area contributed by atoms with Gasteiger partial charge in [0.15, 0.2) is 0 Å². The van der Waals surface area contributed by atoms with Gasteiger partial charge in [-0.15, -0.1) is 0 Å². The summed E-state index contributed by atoms with van der Waals surface area (Å²) in [5.41, 5.74) is 3.20. The zero-order valence-electron chi connectivity index (χ0n) is 21.8. The van der Waals surface area contributed by atoms with Gasteiger partial charge in [-0.05, 0) is 34.7 Å². The van der Waals surface area contributed by atoms with E-state index in [4.69, 9.17) is 0 Å². The molecular weight excluding hydrogens is 486 g/mol. The Balaban J connectivity index is 1.99. The molecule has 0 radical (unpaired) electrons. The van der Waals surface area contributed by atoms with Gasteiger partial charge in [-0.1, -0.05) is 86.6 Å². The lowest BCUT2D eigenvalue weighted by Crippen LogP contribution is -2.52. The zero-order valence-corrected chi connectivity index (χ0v) is 22.6. The molecule has 0 saturated heterocycles. The van der Waals surface area contributed by atoms with Crippen LogP contribution in [0.15, 0.2) is 84.9 Å². The minimum absolute atomic E-state index is 0.161. The summed E-state index contributed by atoms with van der Waals surface area (Å²) >= 11 is 0. The van der Waals surface area contributed by atoms with Crippen LogP contribution in [-0.4, -0.2) is 51.0 Å². The van der Waals surface area contributed by atoms with Crippen molar-refractivity contribution < 1.29 is 18.0 Å². The van der Waals surface area contributed by atoms with Crippen LogP contribution in [0.2, 0.25) is 0 Å². The number of sulfonamides is 1. The Morgan fingerprint density at radius 1 is 0.838 bits per heavy atom. The first kappa shape index (κ1) is 27.9. The molecule has 3 aromatic rings. The molecule has 0 fully saturated rings. The predicted octanol–water partition coefficient (Wildman–Crippen LogP) is 3.96. The van der Waals surface area contributed by atoms with Crippen molar-refractivity contribution in [1.82, 2.24) is 10.2 Å². The highest BCUT2D eigenvalue weighted by molar-refractivity contribution is 7.92. The fourth-order valence-electron chi connectivity index (χ4n) is 4.14. The molecule has 7 nitrogen and oxygen atoms in total. The average Bonchev–Trinajstić information content (AvgIpc) is 2.89. The maximum Gasteiger partial charge on any atom is 0.244 e. The number of hydrogen-bond donors (Lipinski definition) is 1. The molecule has 0 aliphatic heterocycles. The van der Waals surface area contributed by atoms with Crippen molar-refractivity contribution in [1.29, 1.82) is 0 Å². The maximum atomic E-state index is 13.8. The van der Waals surface area contributed by atoms with Gasteiger partial charge in [-0.3, -0.25) is 13.9 Å². The Morgan fingerprint density at radius 3 is 1.86 bits per heavy atom. The molecule has 2 amide bonds. The molecule has 0 aromatic heterocycles. The standard InChI is InChI=1S/C29H35N3O4S/c1-22(2)25-15-17-26(18-16-25)32(37(4,35)36)21-28(33)31(20-24-13-9-6-10-14-24)27(29(34)30-3)19-23-11-7-5-8-12-23/h5-18,22,27H,19-21H2,1-4H3,(H,30,34). The molecule has 0 aliphatic rings. The zero-order chi connectivity index (χ0) is 27.0. The molecule has 1 N–H and O–H groups in total. The van der Waals surface area contributed by atoms with Gasteiger partial charge in [0.1, 0.15) is 12.6 Å². The molecule has 1 unspecified atom stereocenters. The van der Waals surface area contributed by atoms with Crippen molar-refractivity contribution in [2.75, 3.05) is 24.2 Å². The number of rotatable bonds is 11. The summed E-state index contributed by atoms with van der Waals surface area (Å²) in [5, 5.41) is 2.67. The monoisotopic (exact) mass is 521 g/mol. The van der Waals surface area contributed by atoms with Gasteiger partial charge < -0.3 is 10.2 Å². The van der Waals surface area contributed by atoms with E-state index < -0.39 is 28.5 Å². The first-order valence-corrected chi connectivity index (χ1v) is 14.1. The number of nitrogens with one attached hydrogen (secondary N) is 1. The van der Waals surface area contributed by atoms with Crippen molar-refractivity contribution in [2.45, 2.75) is 38.8 Å². The van der Waals surface area contributed by atoms with E-state index >= 15 is 0 Å². The molecule has 0 aliphatic carbocycles. The summed E-state index contributed by atoms with van der Waals surface area (Å²) in [4.78, 5) is 28.4. The van der Waals surface area contributed by atoms with E-state index in [9.17, 15) is 18.0 Å². The Hall–Kier alpha value is -3.65. The lowest BCUT2D eigenvalue weighted by Gasteiger charge is -2.33. The summed E-state index contributed by atoms with van der Waals surface area (Å²) in [7, 11) is -2.25. The molecule has 3 aromatic carbocycles. The normalized spacial score (nSPS) is 12.1. The molecule has 0 bridgehead atoms.